The van der Waals surface area contributed by atoms with Crippen LogP contribution < -0.4 is 17.7 Å². The Labute approximate surface area is 331 Å². The minimum absolute atomic E-state index is 0.735. The van der Waals surface area contributed by atoms with Crippen LogP contribution in [0.1, 0.15) is 0 Å². The van der Waals surface area contributed by atoms with Crippen LogP contribution in [-0.2, 0) is 0 Å². The van der Waals surface area contributed by atoms with Crippen LogP contribution in [0.3, 0.4) is 0 Å². The van der Waals surface area contributed by atoms with Crippen LogP contribution in [0.5, 0.6) is 0 Å². The van der Waals surface area contributed by atoms with Gasteiger partial charge in [0.25, 0.3) is 0 Å². The fourth-order valence-electron chi connectivity index (χ4n) is 9.50. The molecule has 0 amide bonds. The van der Waals surface area contributed by atoms with E-state index in [1.54, 1.807) is 0 Å². The Morgan fingerprint density at radius 3 is 1.84 bits per heavy atom. The average molecular weight is 788 g/mol. The molecule has 3 aromatic heterocycles. The van der Waals surface area contributed by atoms with Gasteiger partial charge in [0, 0.05) is 0 Å². The molecule has 0 unspecified atom stereocenters. The maximum absolute atomic E-state index is 6.39. The van der Waals surface area contributed by atoms with Crippen molar-refractivity contribution in [3.63, 3.8) is 0 Å². The fraction of sp³-hybridized carbons (Fsp3) is 0. The Kier molecular flexibility index (Phi) is 7.07. The number of furan rings is 1. The second-order valence-electron chi connectivity index (χ2n) is 14.8. The maximum atomic E-state index is 6.39. The van der Waals surface area contributed by atoms with Crippen molar-refractivity contribution in [3.05, 3.63) is 200 Å². The van der Waals surface area contributed by atoms with Gasteiger partial charge in [-0.1, -0.05) is 12.1 Å². The summed E-state index contributed by atoms with van der Waals surface area (Å²) in [7, 11) is 0. The van der Waals surface area contributed by atoms with E-state index in [4.69, 9.17) is 14.4 Å². The number of aromatic nitrogens is 3. The van der Waals surface area contributed by atoms with Crippen LogP contribution in [0.15, 0.2) is 205 Å². The molecule has 11 aromatic rings. The van der Waals surface area contributed by atoms with Crippen molar-refractivity contribution in [2.24, 2.45) is 0 Å². The van der Waals surface area contributed by atoms with Crippen molar-refractivity contribution in [2.75, 3.05) is 0 Å². The van der Waals surface area contributed by atoms with Gasteiger partial charge in [-0.05, 0) is 6.07 Å². The van der Waals surface area contributed by atoms with Gasteiger partial charge in [0.1, 0.15) is 0 Å². The molecular weight excluding hydrogens is 755 g/mol. The first-order chi connectivity index (χ1) is 28.3. The van der Waals surface area contributed by atoms with Gasteiger partial charge in [-0.25, -0.2) is 0 Å². The molecule has 0 fully saturated rings. The molecule has 266 valence electrons. The second kappa shape index (κ2) is 12.5. The van der Waals surface area contributed by atoms with Gasteiger partial charge < -0.3 is 0 Å². The molecule has 4 nitrogen and oxygen atoms in total. The number of fused-ring (bicyclic) bond motifs is 10. The molecular formula is C52H33GeN3O. The Morgan fingerprint density at radius 2 is 1.09 bits per heavy atom. The van der Waals surface area contributed by atoms with Crippen LogP contribution in [0.2, 0.25) is 0 Å². The van der Waals surface area contributed by atoms with Crippen LogP contribution in [0, 0.1) is 0 Å². The summed E-state index contributed by atoms with van der Waals surface area (Å²) >= 11 is -3.65. The third-order valence-corrected chi connectivity index (χ3v) is 21.8. The van der Waals surface area contributed by atoms with E-state index in [9.17, 15) is 0 Å². The summed E-state index contributed by atoms with van der Waals surface area (Å²) in [6, 6.07) is 72.0. The Hall–Kier alpha value is -7.02. The van der Waals surface area contributed by atoms with Crippen molar-refractivity contribution in [1.82, 2.24) is 14.5 Å². The molecule has 0 saturated carbocycles. The molecule has 0 N–H and O–H groups in total. The van der Waals surface area contributed by atoms with Crippen molar-refractivity contribution >= 4 is 74.7 Å². The summed E-state index contributed by atoms with van der Waals surface area (Å²) in [5.74, 6) is 0.735. The summed E-state index contributed by atoms with van der Waals surface area (Å²) in [4.78, 5) is 11.2. The van der Waals surface area contributed by atoms with E-state index in [2.05, 4.69) is 199 Å². The fourth-order valence-corrected chi connectivity index (χ4v) is 20.0. The monoisotopic (exact) mass is 789 g/mol. The number of hydrogen-bond donors (Lipinski definition) is 0. The standard InChI is InChI=1S/C52H33GeN3O/c1-4-16-34(17-5-1)49-48-41-23-10-13-25-43(41)53(36-18-6-2-7-19-36,37-20-8-3-9-21-37)51(48)55-52(54-49)35-28-30-38(31-29-35)56-44-26-14-11-22-39(44)40-32-33-46-47(50(40)56)42-24-12-15-27-45(42)57-46/h1-33H. The summed E-state index contributed by atoms with van der Waals surface area (Å²) in [5.41, 5.74) is 10.6. The second-order valence-corrected chi connectivity index (χ2v) is 22.5. The van der Waals surface area contributed by atoms with Gasteiger partial charge in [0.05, 0.1) is 0 Å². The first-order valence-electron chi connectivity index (χ1n) is 19.4. The van der Waals surface area contributed by atoms with Crippen LogP contribution >= 0.6 is 0 Å². The number of hydrogen-bond acceptors (Lipinski definition) is 3. The minimum atomic E-state index is -3.65. The molecule has 5 heteroatoms. The predicted molar refractivity (Wildman–Crippen MR) is 237 cm³/mol. The topological polar surface area (TPSA) is 43.9 Å². The van der Waals surface area contributed by atoms with E-state index in [-0.39, 0.29) is 0 Å². The summed E-state index contributed by atoms with van der Waals surface area (Å²) in [5, 5.41) is 4.66. The molecule has 12 rings (SSSR count). The van der Waals surface area contributed by atoms with Crippen molar-refractivity contribution < 1.29 is 4.42 Å². The van der Waals surface area contributed by atoms with E-state index in [1.807, 2.05) is 6.07 Å². The summed E-state index contributed by atoms with van der Waals surface area (Å²) in [6.45, 7) is 0. The molecule has 0 aliphatic carbocycles. The van der Waals surface area contributed by atoms with E-state index in [0.29, 0.717) is 0 Å². The molecule has 0 spiro atoms. The van der Waals surface area contributed by atoms with Gasteiger partial charge in [-0.2, -0.15) is 0 Å². The zero-order chi connectivity index (χ0) is 37.5. The van der Waals surface area contributed by atoms with Gasteiger partial charge in [-0.3, -0.25) is 0 Å². The molecule has 57 heavy (non-hydrogen) atoms. The van der Waals surface area contributed by atoms with Crippen LogP contribution in [-0.4, -0.2) is 27.8 Å². The molecule has 0 atom stereocenters. The van der Waals surface area contributed by atoms with Crippen molar-refractivity contribution in [1.29, 1.82) is 0 Å². The van der Waals surface area contributed by atoms with Gasteiger partial charge in [0.15, 0.2) is 0 Å². The molecule has 1 aliphatic rings. The van der Waals surface area contributed by atoms with Gasteiger partial charge in [-0.15, -0.1) is 0 Å². The van der Waals surface area contributed by atoms with E-state index >= 15 is 0 Å². The third kappa shape index (κ3) is 4.62. The molecule has 0 bridgehead atoms. The molecule has 4 heterocycles. The van der Waals surface area contributed by atoms with Crippen molar-refractivity contribution in [3.8, 4) is 39.5 Å². The van der Waals surface area contributed by atoms with E-state index in [1.165, 1.54) is 34.1 Å². The number of para-hydroxylation sites is 2. The van der Waals surface area contributed by atoms with E-state index in [0.717, 1.165) is 66.9 Å². The third-order valence-electron chi connectivity index (χ3n) is 11.9. The quantitative estimate of drug-likeness (QED) is 0.163. The average Bonchev–Trinajstić information content (AvgIpc) is 3.93. The molecule has 0 saturated heterocycles. The summed E-state index contributed by atoms with van der Waals surface area (Å²) in [6.07, 6.45) is 0. The van der Waals surface area contributed by atoms with Crippen molar-refractivity contribution in [2.45, 2.75) is 0 Å². The number of benzene rings is 8. The summed E-state index contributed by atoms with van der Waals surface area (Å²) < 4.78 is 14.1. The van der Waals surface area contributed by atoms with Crippen LogP contribution in [0.4, 0.5) is 0 Å². The first kappa shape index (κ1) is 32.2. The zero-order valence-electron chi connectivity index (χ0n) is 30.8. The Bertz CT molecular complexity index is 3300. The van der Waals surface area contributed by atoms with Gasteiger partial charge >= 0.3 is 315 Å². The molecule has 1 aliphatic heterocycles. The SMILES string of the molecule is c1ccc(-c2nc(-c3ccc(-n4c5ccccc5c5ccc6oc7ccccc7c6c54)cc3)n[c]3c2-c2cccc[c]2[Ge]3([c]2ccccc2)[c]2ccccc2)cc1. The molecule has 0 radical (unpaired) electrons. The first-order valence-corrected chi connectivity index (χ1v) is 23.6. The zero-order valence-corrected chi connectivity index (χ0v) is 32.9. The number of nitrogens with zero attached hydrogens (tertiary/aromatic N) is 3. The number of rotatable bonds is 5. The van der Waals surface area contributed by atoms with Gasteiger partial charge in [0.2, 0.25) is 0 Å². The Balaban J connectivity index is 1.12. The molecule has 8 aromatic carbocycles. The Morgan fingerprint density at radius 1 is 0.456 bits per heavy atom. The van der Waals surface area contributed by atoms with Crippen LogP contribution in [0.25, 0.3) is 83.2 Å². The van der Waals surface area contributed by atoms with E-state index < -0.39 is 13.3 Å². The predicted octanol–water partition coefficient (Wildman–Crippen LogP) is 10.2. The normalized spacial score (nSPS) is 13.1.